The summed E-state index contributed by atoms with van der Waals surface area (Å²) in [6, 6.07) is 7.67. The molecule has 2 saturated heterocycles. The fraction of sp³-hybridized carbons (Fsp3) is 0.464. The molecular formula is C28H32O16. The highest BCUT2D eigenvalue weighted by molar-refractivity contribution is 5.86. The molecule has 3 aromatic rings. The van der Waals surface area contributed by atoms with E-state index in [-0.39, 0.29) is 34.0 Å². The minimum absolute atomic E-state index is 0.0650. The Bertz CT molecular complexity index is 1520. The molecule has 2 fully saturated rings. The van der Waals surface area contributed by atoms with Gasteiger partial charge in [0, 0.05) is 23.8 Å². The minimum atomic E-state index is -1.82. The molecule has 2 aliphatic heterocycles. The number of phenolic OH excluding ortho intramolecular Hbond substituents is 2. The lowest BCUT2D eigenvalue weighted by Gasteiger charge is -2.42. The van der Waals surface area contributed by atoms with Crippen LogP contribution in [0.5, 0.6) is 23.0 Å². The summed E-state index contributed by atoms with van der Waals surface area (Å²) in [7, 11) is 1.35. The number of ether oxygens (including phenoxy) is 5. The first-order valence-electron chi connectivity index (χ1n) is 13.4. The van der Waals surface area contributed by atoms with Crippen molar-refractivity contribution < 1.29 is 74.1 Å². The fourth-order valence-corrected chi connectivity index (χ4v) is 4.97. The maximum atomic E-state index is 12.8. The van der Waals surface area contributed by atoms with E-state index in [9.17, 15) is 50.8 Å². The largest absolute Gasteiger partial charge is 0.507 e. The Labute approximate surface area is 248 Å². The second-order valence-corrected chi connectivity index (χ2v) is 10.3. The van der Waals surface area contributed by atoms with E-state index in [1.54, 1.807) is 0 Å². The fourth-order valence-electron chi connectivity index (χ4n) is 4.97. The van der Waals surface area contributed by atoms with Gasteiger partial charge in [-0.1, -0.05) is 0 Å². The number of aliphatic hydroxyl groups is 7. The van der Waals surface area contributed by atoms with Crippen molar-refractivity contribution in [2.75, 3.05) is 20.3 Å². The van der Waals surface area contributed by atoms with Gasteiger partial charge in [0.25, 0.3) is 0 Å². The van der Waals surface area contributed by atoms with Gasteiger partial charge in [0.05, 0.1) is 20.3 Å². The van der Waals surface area contributed by atoms with Crippen LogP contribution < -0.4 is 14.9 Å². The first-order chi connectivity index (χ1) is 20.9. The molecule has 44 heavy (non-hydrogen) atoms. The van der Waals surface area contributed by atoms with Crippen molar-refractivity contribution in [2.24, 2.45) is 0 Å². The van der Waals surface area contributed by atoms with Gasteiger partial charge in [-0.25, -0.2) is 0 Å². The zero-order valence-corrected chi connectivity index (χ0v) is 23.0. The summed E-state index contributed by atoms with van der Waals surface area (Å²) in [4.78, 5) is 12.8. The summed E-state index contributed by atoms with van der Waals surface area (Å²) in [6.45, 7) is -1.28. The van der Waals surface area contributed by atoms with Crippen LogP contribution in [0.2, 0.25) is 0 Å². The molecule has 0 unspecified atom stereocenters. The molecule has 16 nitrogen and oxygen atoms in total. The van der Waals surface area contributed by atoms with Crippen LogP contribution in [0.15, 0.2) is 45.6 Å². The first kappa shape index (κ1) is 31.9. The number of aliphatic hydroxyl groups excluding tert-OH is 7. The number of aromatic hydroxyl groups is 2. The topological polar surface area (TPSA) is 258 Å². The van der Waals surface area contributed by atoms with Gasteiger partial charge in [0.1, 0.15) is 77.1 Å². The second-order valence-electron chi connectivity index (χ2n) is 10.3. The lowest BCUT2D eigenvalue weighted by molar-refractivity contribution is -0.323. The molecule has 0 saturated carbocycles. The van der Waals surface area contributed by atoms with Crippen LogP contribution in [0, 0.1) is 0 Å². The molecule has 9 N–H and O–H groups in total. The highest BCUT2D eigenvalue weighted by atomic mass is 16.7. The van der Waals surface area contributed by atoms with E-state index in [4.69, 9.17) is 28.1 Å². The summed E-state index contributed by atoms with van der Waals surface area (Å²) in [5.41, 5.74) is -0.354. The molecule has 0 amide bonds. The Kier molecular flexibility index (Phi) is 9.28. The van der Waals surface area contributed by atoms with Crippen LogP contribution in [0.3, 0.4) is 0 Å². The van der Waals surface area contributed by atoms with Gasteiger partial charge in [-0.2, -0.15) is 0 Å². The Morgan fingerprint density at radius 2 is 1.43 bits per heavy atom. The van der Waals surface area contributed by atoms with Crippen molar-refractivity contribution >= 4 is 11.0 Å². The summed E-state index contributed by atoms with van der Waals surface area (Å²) in [5.74, 6) is -0.646. The van der Waals surface area contributed by atoms with E-state index in [1.165, 1.54) is 31.4 Å². The smallest absolute Gasteiger partial charge is 0.229 e. The van der Waals surface area contributed by atoms with Gasteiger partial charge in [0.15, 0.2) is 23.2 Å². The molecule has 0 radical (unpaired) electrons. The molecule has 0 bridgehead atoms. The Balaban J connectivity index is 1.36. The van der Waals surface area contributed by atoms with Gasteiger partial charge in [-0.15, -0.1) is 0 Å². The number of benzene rings is 2. The summed E-state index contributed by atoms with van der Waals surface area (Å²) < 4.78 is 32.8. The number of hydrogen-bond acceptors (Lipinski definition) is 16. The Morgan fingerprint density at radius 3 is 2.11 bits per heavy atom. The molecule has 0 aliphatic carbocycles. The lowest BCUT2D eigenvalue weighted by Crippen LogP contribution is -2.62. The maximum absolute atomic E-state index is 12.8. The number of methoxy groups -OCH3 is 1. The van der Waals surface area contributed by atoms with Crippen LogP contribution in [-0.2, 0) is 14.2 Å². The third-order valence-corrected chi connectivity index (χ3v) is 7.44. The van der Waals surface area contributed by atoms with Gasteiger partial charge in [0.2, 0.25) is 6.29 Å². The lowest BCUT2D eigenvalue weighted by atomic mass is 9.98. The summed E-state index contributed by atoms with van der Waals surface area (Å²) in [6.07, 6.45) is -16.3. The molecular weight excluding hydrogens is 592 g/mol. The average molecular weight is 625 g/mol. The van der Waals surface area contributed by atoms with Crippen LogP contribution in [0.25, 0.3) is 22.3 Å². The maximum Gasteiger partial charge on any atom is 0.229 e. The van der Waals surface area contributed by atoms with E-state index < -0.39 is 85.8 Å². The van der Waals surface area contributed by atoms with Gasteiger partial charge >= 0.3 is 0 Å². The average Bonchev–Trinajstić information content (AvgIpc) is 3.00. The van der Waals surface area contributed by atoms with Crippen molar-refractivity contribution in [3.05, 3.63) is 46.6 Å². The van der Waals surface area contributed by atoms with Gasteiger partial charge < -0.3 is 74.1 Å². The monoisotopic (exact) mass is 624 g/mol. The first-order valence-corrected chi connectivity index (χ1v) is 13.4. The Hall–Kier alpha value is -3.55. The van der Waals surface area contributed by atoms with E-state index in [1.807, 2.05) is 0 Å². The van der Waals surface area contributed by atoms with E-state index in [0.29, 0.717) is 5.56 Å². The Morgan fingerprint density at radius 1 is 0.773 bits per heavy atom. The van der Waals surface area contributed by atoms with Gasteiger partial charge in [-0.3, -0.25) is 4.79 Å². The normalized spacial score (nSPS) is 32.5. The molecule has 2 aliphatic rings. The van der Waals surface area contributed by atoms with Crippen molar-refractivity contribution in [2.45, 2.75) is 61.4 Å². The molecule has 2 aromatic carbocycles. The predicted molar refractivity (Wildman–Crippen MR) is 145 cm³/mol. The van der Waals surface area contributed by atoms with Gasteiger partial charge in [-0.05, 0) is 18.2 Å². The zero-order chi connectivity index (χ0) is 31.9. The number of hydrogen-bond donors (Lipinski definition) is 9. The van der Waals surface area contributed by atoms with Crippen LogP contribution >= 0.6 is 0 Å². The predicted octanol–water partition coefficient (Wildman–Crippen LogP) is -2.12. The quantitative estimate of drug-likeness (QED) is 0.130. The van der Waals surface area contributed by atoms with Crippen molar-refractivity contribution in [3.63, 3.8) is 0 Å². The number of phenols is 2. The summed E-state index contributed by atoms with van der Waals surface area (Å²) >= 11 is 0. The molecule has 0 spiro atoms. The van der Waals surface area contributed by atoms with Crippen molar-refractivity contribution in [3.8, 4) is 34.3 Å². The SMILES string of the molecule is COc1cc(-c2cc(=O)c3c(O)cc(O[C@@H]4O[C@H](CO[C@@H]5O[C@H](CO)[C@H](O)[C@H](O)[C@H]5O)[C@H](O)[C@H](O)[C@H]4O)cc3o2)ccc1O. The third-order valence-electron chi connectivity index (χ3n) is 7.44. The molecule has 240 valence electrons. The summed E-state index contributed by atoms with van der Waals surface area (Å²) in [5, 5.41) is 91.2. The zero-order valence-electron chi connectivity index (χ0n) is 23.0. The van der Waals surface area contributed by atoms with Crippen molar-refractivity contribution in [1.29, 1.82) is 0 Å². The van der Waals surface area contributed by atoms with E-state index in [2.05, 4.69) is 0 Å². The van der Waals surface area contributed by atoms with Crippen molar-refractivity contribution in [1.82, 2.24) is 0 Å². The number of rotatable bonds is 8. The molecule has 1 aromatic heterocycles. The van der Waals surface area contributed by atoms with E-state index in [0.717, 1.165) is 12.1 Å². The van der Waals surface area contributed by atoms with Crippen LogP contribution in [0.1, 0.15) is 0 Å². The molecule has 5 rings (SSSR count). The molecule has 16 heteroatoms. The second kappa shape index (κ2) is 12.8. The number of fused-ring (bicyclic) bond motifs is 1. The molecule has 10 atom stereocenters. The molecule has 3 heterocycles. The third kappa shape index (κ3) is 6.04. The highest BCUT2D eigenvalue weighted by Crippen LogP contribution is 2.35. The standard InChI is InChI=1S/C28H32O16/c1-39-16-4-10(2-3-12(16)30)15-7-14(32)20-13(31)5-11(6-17(20)42-15)41-28-26(38)24(36)22(34)19(44-28)9-40-27-25(37)23(35)21(33)18(8-29)43-27/h2-7,18-19,21-31,33-38H,8-9H2,1H3/t18-,19-,21+,22+,23+,24+,25-,26-,27-,28-/m1/s1. The van der Waals surface area contributed by atoms with E-state index >= 15 is 0 Å². The highest BCUT2D eigenvalue weighted by Gasteiger charge is 2.48. The van der Waals surface area contributed by atoms with Crippen LogP contribution in [-0.4, -0.2) is 128 Å². The minimum Gasteiger partial charge on any atom is -0.507 e. The van der Waals surface area contributed by atoms with Crippen LogP contribution in [0.4, 0.5) is 0 Å².